The van der Waals surface area contributed by atoms with Crippen LogP contribution in [0.4, 0.5) is 4.39 Å². The summed E-state index contributed by atoms with van der Waals surface area (Å²) in [5, 5.41) is 2.89. The van der Waals surface area contributed by atoms with Gasteiger partial charge >= 0.3 is 0 Å². The summed E-state index contributed by atoms with van der Waals surface area (Å²) in [6, 6.07) is 4.44. The van der Waals surface area contributed by atoms with Crippen LogP contribution in [0, 0.1) is 5.82 Å². The highest BCUT2D eigenvalue weighted by Crippen LogP contribution is 2.28. The summed E-state index contributed by atoms with van der Waals surface area (Å²) in [5.41, 5.74) is 6.66. The van der Waals surface area contributed by atoms with E-state index in [9.17, 15) is 9.18 Å². The molecule has 110 valence electrons. The zero-order valence-corrected chi connectivity index (χ0v) is 12.2. The lowest BCUT2D eigenvalue weighted by atomic mass is 9.80. The Bertz CT molecular complexity index is 487. The number of nitrogens with one attached hydrogen (secondary N) is 1. The number of halogens is 2. The molecule has 0 atom stereocenters. The van der Waals surface area contributed by atoms with E-state index in [1.54, 1.807) is 6.07 Å². The first-order chi connectivity index (χ1) is 9.48. The van der Waals surface area contributed by atoms with Crippen molar-refractivity contribution in [1.29, 1.82) is 0 Å². The maximum Gasteiger partial charge on any atom is 0.222 e. The topological polar surface area (TPSA) is 55.1 Å². The third-order valence-corrected chi connectivity index (χ3v) is 4.13. The van der Waals surface area contributed by atoms with Gasteiger partial charge in [-0.15, -0.1) is 0 Å². The van der Waals surface area contributed by atoms with Gasteiger partial charge in [0.15, 0.2) is 0 Å². The van der Waals surface area contributed by atoms with Crippen LogP contribution in [0.3, 0.4) is 0 Å². The largest absolute Gasteiger partial charge is 0.352 e. The minimum Gasteiger partial charge on any atom is -0.352 e. The van der Waals surface area contributed by atoms with Crippen LogP contribution in [0.2, 0.25) is 5.02 Å². The minimum atomic E-state index is -0.454. The molecule has 0 aromatic heterocycles. The molecule has 0 spiro atoms. The number of hydrogen-bond acceptors (Lipinski definition) is 2. The monoisotopic (exact) mass is 298 g/mol. The summed E-state index contributed by atoms with van der Waals surface area (Å²) < 4.78 is 13.0. The minimum absolute atomic E-state index is 0.0603. The van der Waals surface area contributed by atoms with Crippen LogP contribution in [0.1, 0.15) is 44.1 Å². The maximum atomic E-state index is 13.0. The van der Waals surface area contributed by atoms with Crippen molar-refractivity contribution in [3.05, 3.63) is 34.6 Å². The molecule has 0 radical (unpaired) electrons. The molecule has 1 fully saturated rings. The lowest BCUT2D eigenvalue weighted by molar-refractivity contribution is -0.122. The van der Waals surface area contributed by atoms with E-state index in [0.29, 0.717) is 13.0 Å². The summed E-state index contributed by atoms with van der Waals surface area (Å²) in [7, 11) is 0. The third kappa shape index (κ3) is 4.18. The van der Waals surface area contributed by atoms with Gasteiger partial charge in [-0.25, -0.2) is 4.39 Å². The number of hydrogen-bond donors (Lipinski definition) is 2. The molecule has 3 nitrogen and oxygen atoms in total. The molecule has 20 heavy (non-hydrogen) atoms. The molecule has 1 aliphatic carbocycles. The summed E-state index contributed by atoms with van der Waals surface area (Å²) >= 11 is 5.70. The Kier molecular flexibility index (Phi) is 5.00. The van der Waals surface area contributed by atoms with Crippen molar-refractivity contribution in [1.82, 2.24) is 5.32 Å². The molecular formula is C15H20ClFN2O. The first kappa shape index (κ1) is 15.3. The van der Waals surface area contributed by atoms with Crippen LogP contribution in [-0.4, -0.2) is 11.4 Å². The summed E-state index contributed by atoms with van der Waals surface area (Å²) in [6.07, 6.45) is 5.55. The Labute approximate surface area is 123 Å². The van der Waals surface area contributed by atoms with Gasteiger partial charge in [-0.3, -0.25) is 4.79 Å². The van der Waals surface area contributed by atoms with Gasteiger partial charge in [0.05, 0.1) is 5.02 Å². The molecule has 0 unspecified atom stereocenters. The van der Waals surface area contributed by atoms with Crippen LogP contribution in [-0.2, 0) is 11.3 Å². The molecule has 0 saturated heterocycles. The van der Waals surface area contributed by atoms with Crippen molar-refractivity contribution in [2.75, 3.05) is 0 Å². The molecule has 5 heteroatoms. The van der Waals surface area contributed by atoms with Gasteiger partial charge in [-0.05, 0) is 30.5 Å². The number of carbonyl (C=O) groups is 1. The SMILES string of the molecule is NC1(CC(=O)NCc2ccc(F)c(Cl)c2)CCCCC1. The predicted octanol–water partition coefficient (Wildman–Crippen LogP) is 3.15. The van der Waals surface area contributed by atoms with Gasteiger partial charge in [0.25, 0.3) is 0 Å². The van der Waals surface area contributed by atoms with E-state index in [1.807, 2.05) is 0 Å². The van der Waals surface area contributed by atoms with E-state index < -0.39 is 5.82 Å². The van der Waals surface area contributed by atoms with Crippen molar-refractivity contribution >= 4 is 17.5 Å². The van der Waals surface area contributed by atoms with Gasteiger partial charge in [0.1, 0.15) is 5.82 Å². The van der Waals surface area contributed by atoms with Crippen LogP contribution in [0.5, 0.6) is 0 Å². The Hall–Kier alpha value is -1.13. The van der Waals surface area contributed by atoms with Gasteiger partial charge in [-0.1, -0.05) is 36.9 Å². The summed E-state index contributed by atoms with van der Waals surface area (Å²) in [5.74, 6) is -0.514. The molecule has 1 aliphatic rings. The van der Waals surface area contributed by atoms with Gasteiger partial charge < -0.3 is 11.1 Å². The molecule has 0 aliphatic heterocycles. The molecule has 3 N–H and O–H groups in total. The van der Waals surface area contributed by atoms with Crippen molar-refractivity contribution in [3.63, 3.8) is 0 Å². The van der Waals surface area contributed by atoms with Crippen LogP contribution in [0.15, 0.2) is 18.2 Å². The average Bonchev–Trinajstić information content (AvgIpc) is 2.40. The molecule has 1 aromatic carbocycles. The fourth-order valence-electron chi connectivity index (χ4n) is 2.67. The highest BCUT2D eigenvalue weighted by molar-refractivity contribution is 6.30. The van der Waals surface area contributed by atoms with E-state index >= 15 is 0 Å². The van der Waals surface area contributed by atoms with Crippen molar-refractivity contribution < 1.29 is 9.18 Å². The van der Waals surface area contributed by atoms with Crippen LogP contribution < -0.4 is 11.1 Å². The number of rotatable bonds is 4. The Balaban J connectivity index is 1.84. The second-order valence-corrected chi connectivity index (χ2v) is 6.03. The van der Waals surface area contributed by atoms with Gasteiger partial charge in [-0.2, -0.15) is 0 Å². The summed E-state index contributed by atoms with van der Waals surface area (Å²) in [6.45, 7) is 0.342. The van der Waals surface area contributed by atoms with E-state index in [-0.39, 0.29) is 16.5 Å². The molecule has 2 rings (SSSR count). The normalized spacial score (nSPS) is 17.8. The second-order valence-electron chi connectivity index (χ2n) is 5.63. The van der Waals surface area contributed by atoms with Crippen LogP contribution >= 0.6 is 11.6 Å². The van der Waals surface area contributed by atoms with E-state index in [0.717, 1.165) is 31.2 Å². The quantitative estimate of drug-likeness (QED) is 0.897. The van der Waals surface area contributed by atoms with Crippen molar-refractivity contribution in [2.24, 2.45) is 5.73 Å². The Morgan fingerprint density at radius 3 is 2.70 bits per heavy atom. The van der Waals surface area contributed by atoms with Crippen molar-refractivity contribution in [2.45, 2.75) is 50.6 Å². The van der Waals surface area contributed by atoms with Crippen molar-refractivity contribution in [3.8, 4) is 0 Å². The fourth-order valence-corrected chi connectivity index (χ4v) is 2.87. The molecule has 1 amide bonds. The van der Waals surface area contributed by atoms with Gasteiger partial charge in [0.2, 0.25) is 5.91 Å². The maximum absolute atomic E-state index is 13.0. The fraction of sp³-hybridized carbons (Fsp3) is 0.533. The predicted molar refractivity (Wildman–Crippen MR) is 77.9 cm³/mol. The van der Waals surface area contributed by atoms with E-state index in [4.69, 9.17) is 17.3 Å². The van der Waals surface area contributed by atoms with Gasteiger partial charge in [0, 0.05) is 18.5 Å². The standard InChI is InChI=1S/C15H20ClFN2O/c16-12-8-11(4-5-13(12)17)10-19-14(20)9-15(18)6-2-1-3-7-15/h4-5,8H,1-3,6-7,9-10,18H2,(H,19,20). The smallest absolute Gasteiger partial charge is 0.222 e. The highest BCUT2D eigenvalue weighted by atomic mass is 35.5. The molecule has 1 aromatic rings. The third-order valence-electron chi connectivity index (χ3n) is 3.84. The first-order valence-electron chi connectivity index (χ1n) is 6.98. The molecule has 1 saturated carbocycles. The zero-order valence-electron chi connectivity index (χ0n) is 11.4. The number of nitrogens with two attached hydrogens (primary N) is 1. The summed E-state index contributed by atoms with van der Waals surface area (Å²) in [4.78, 5) is 11.9. The second kappa shape index (κ2) is 6.55. The van der Waals surface area contributed by atoms with E-state index in [2.05, 4.69) is 5.32 Å². The molecular weight excluding hydrogens is 279 g/mol. The lowest BCUT2D eigenvalue weighted by Crippen LogP contribution is -2.45. The number of benzene rings is 1. The molecule has 0 heterocycles. The Morgan fingerprint density at radius 1 is 1.35 bits per heavy atom. The number of carbonyl (C=O) groups excluding carboxylic acids is 1. The molecule has 0 bridgehead atoms. The van der Waals surface area contributed by atoms with Crippen LogP contribution in [0.25, 0.3) is 0 Å². The average molecular weight is 299 g/mol. The highest BCUT2D eigenvalue weighted by Gasteiger charge is 2.29. The zero-order chi connectivity index (χ0) is 14.6. The first-order valence-corrected chi connectivity index (χ1v) is 7.36. The van der Waals surface area contributed by atoms with E-state index in [1.165, 1.54) is 18.6 Å². The lowest BCUT2D eigenvalue weighted by Gasteiger charge is -2.32. The number of amides is 1. The Morgan fingerprint density at radius 2 is 2.05 bits per heavy atom.